The van der Waals surface area contributed by atoms with E-state index in [-0.39, 0.29) is 0 Å². The Morgan fingerprint density at radius 3 is 2.85 bits per heavy atom. The van der Waals surface area contributed by atoms with Crippen molar-refractivity contribution in [3.05, 3.63) is 35.4 Å². The van der Waals surface area contributed by atoms with Crippen LogP contribution in [0.5, 0.6) is 0 Å². The summed E-state index contributed by atoms with van der Waals surface area (Å²) in [4.78, 5) is 12.9. The molecule has 0 fully saturated rings. The highest BCUT2D eigenvalue weighted by atomic mass is 19.1. The van der Waals surface area contributed by atoms with Gasteiger partial charge in [0.1, 0.15) is 0 Å². The predicted octanol–water partition coefficient (Wildman–Crippen LogP) is 2.55. The molecule has 1 unspecified atom stereocenters. The first-order valence-electron chi connectivity index (χ1n) is 4.08. The van der Waals surface area contributed by atoms with Gasteiger partial charge < -0.3 is 0 Å². The van der Waals surface area contributed by atoms with Crippen molar-refractivity contribution in [2.75, 3.05) is 0 Å². The highest BCUT2D eigenvalue weighted by Crippen LogP contribution is 2.22. The maximum atomic E-state index is 13.2. The van der Waals surface area contributed by atoms with Crippen molar-refractivity contribution in [3.8, 4) is 0 Å². The number of alkyl halides is 1. The monoisotopic (exact) mass is 179 g/mol. The standard InChI is InChI=1S/C10H10FNO/c1-2-8-5-3-4-6-9(8)10(11)12-7-13/h3-6,10H,2H2,1H3. The third kappa shape index (κ3) is 2.23. The SMILES string of the molecule is CCc1ccccc1C(F)N=C=O. The van der Waals surface area contributed by atoms with E-state index in [0.29, 0.717) is 5.56 Å². The van der Waals surface area contributed by atoms with Gasteiger partial charge in [0.25, 0.3) is 0 Å². The molecule has 0 aromatic heterocycles. The molecule has 0 aliphatic heterocycles. The van der Waals surface area contributed by atoms with Gasteiger partial charge in [-0.1, -0.05) is 31.2 Å². The fourth-order valence-electron chi connectivity index (χ4n) is 1.20. The highest BCUT2D eigenvalue weighted by molar-refractivity contribution is 5.36. The van der Waals surface area contributed by atoms with Crippen molar-refractivity contribution in [2.24, 2.45) is 4.99 Å². The van der Waals surface area contributed by atoms with Crippen molar-refractivity contribution >= 4 is 6.08 Å². The largest absolute Gasteiger partial charge is 0.238 e. The molecule has 1 atom stereocenters. The normalized spacial score (nSPS) is 11.8. The van der Waals surface area contributed by atoms with E-state index in [1.807, 2.05) is 19.1 Å². The summed E-state index contributed by atoms with van der Waals surface area (Å²) in [6.45, 7) is 1.93. The van der Waals surface area contributed by atoms with Gasteiger partial charge in [0.2, 0.25) is 12.4 Å². The van der Waals surface area contributed by atoms with Gasteiger partial charge in [-0.15, -0.1) is 0 Å². The van der Waals surface area contributed by atoms with E-state index in [4.69, 9.17) is 0 Å². The van der Waals surface area contributed by atoms with Crippen LogP contribution in [0.2, 0.25) is 0 Å². The van der Waals surface area contributed by atoms with Crippen LogP contribution in [-0.2, 0) is 11.2 Å². The molecule has 68 valence electrons. The van der Waals surface area contributed by atoms with Crippen LogP contribution >= 0.6 is 0 Å². The second-order valence-electron chi connectivity index (χ2n) is 2.61. The highest BCUT2D eigenvalue weighted by Gasteiger charge is 2.10. The first-order chi connectivity index (χ1) is 6.29. The number of nitrogens with zero attached hydrogens (tertiary/aromatic N) is 1. The fourth-order valence-corrected chi connectivity index (χ4v) is 1.20. The Kier molecular flexibility index (Phi) is 3.35. The fraction of sp³-hybridized carbons (Fsp3) is 0.300. The Balaban J connectivity index is 3.04. The molecule has 1 aromatic rings. The number of aryl methyl sites for hydroxylation is 1. The first kappa shape index (κ1) is 9.62. The second-order valence-corrected chi connectivity index (χ2v) is 2.61. The molecule has 0 bridgehead atoms. The van der Waals surface area contributed by atoms with E-state index in [0.717, 1.165) is 12.0 Å². The number of hydrogen-bond donors (Lipinski definition) is 0. The Bertz CT molecular complexity index is 331. The summed E-state index contributed by atoms with van der Waals surface area (Å²) in [6.07, 6.45) is 0.369. The molecule has 2 nitrogen and oxygen atoms in total. The molecule has 0 N–H and O–H groups in total. The lowest BCUT2D eigenvalue weighted by Gasteiger charge is -2.06. The van der Waals surface area contributed by atoms with Gasteiger partial charge in [-0.25, -0.2) is 9.18 Å². The number of isocyanates is 1. The lowest BCUT2D eigenvalue weighted by Crippen LogP contribution is -1.94. The zero-order valence-electron chi connectivity index (χ0n) is 7.33. The molecule has 0 amide bonds. The van der Waals surface area contributed by atoms with Crippen molar-refractivity contribution in [1.29, 1.82) is 0 Å². The summed E-state index contributed by atoms with van der Waals surface area (Å²) in [5.41, 5.74) is 1.32. The summed E-state index contributed by atoms with van der Waals surface area (Å²) < 4.78 is 13.2. The number of halogens is 1. The van der Waals surface area contributed by atoms with Crippen LogP contribution in [0, 0.1) is 0 Å². The topological polar surface area (TPSA) is 29.4 Å². The Hall–Kier alpha value is -1.47. The number of carbonyl (C=O) groups excluding carboxylic acids is 1. The van der Waals surface area contributed by atoms with E-state index >= 15 is 0 Å². The molecule has 0 heterocycles. The maximum Gasteiger partial charge on any atom is 0.238 e. The van der Waals surface area contributed by atoms with Gasteiger partial charge >= 0.3 is 0 Å². The molecule has 0 saturated carbocycles. The molecule has 1 aromatic carbocycles. The summed E-state index contributed by atoms with van der Waals surface area (Å²) in [7, 11) is 0. The molecule has 3 heteroatoms. The molecular weight excluding hydrogens is 169 g/mol. The lowest BCUT2D eigenvalue weighted by molar-refractivity contribution is 0.354. The quantitative estimate of drug-likeness (QED) is 0.398. The molecule has 13 heavy (non-hydrogen) atoms. The minimum absolute atomic E-state index is 0.452. The zero-order chi connectivity index (χ0) is 9.68. The van der Waals surface area contributed by atoms with Crippen molar-refractivity contribution in [1.82, 2.24) is 0 Å². The van der Waals surface area contributed by atoms with Crippen LogP contribution in [0.3, 0.4) is 0 Å². The van der Waals surface area contributed by atoms with Gasteiger partial charge in [0.05, 0.1) is 0 Å². The summed E-state index contributed by atoms with van der Waals surface area (Å²) in [5.74, 6) is 0. The van der Waals surface area contributed by atoms with Gasteiger partial charge in [-0.2, -0.15) is 4.99 Å². The third-order valence-corrected chi connectivity index (χ3v) is 1.86. The first-order valence-corrected chi connectivity index (χ1v) is 4.08. The van der Waals surface area contributed by atoms with Crippen molar-refractivity contribution in [3.63, 3.8) is 0 Å². The molecule has 0 aliphatic rings. The van der Waals surface area contributed by atoms with Crippen molar-refractivity contribution in [2.45, 2.75) is 19.6 Å². The number of hydrogen-bond acceptors (Lipinski definition) is 2. The van der Waals surface area contributed by atoms with E-state index in [1.165, 1.54) is 6.08 Å². The summed E-state index contributed by atoms with van der Waals surface area (Å²) >= 11 is 0. The van der Waals surface area contributed by atoms with Gasteiger partial charge in [0, 0.05) is 5.56 Å². The van der Waals surface area contributed by atoms with Crippen LogP contribution in [0.15, 0.2) is 29.3 Å². The van der Waals surface area contributed by atoms with Gasteiger partial charge in [-0.3, -0.25) is 0 Å². The second kappa shape index (κ2) is 4.53. The van der Waals surface area contributed by atoms with E-state index in [1.54, 1.807) is 12.1 Å². The van der Waals surface area contributed by atoms with E-state index in [2.05, 4.69) is 4.99 Å². The third-order valence-electron chi connectivity index (χ3n) is 1.86. The molecule has 1 rings (SSSR count). The average Bonchev–Trinajstić information content (AvgIpc) is 2.18. The van der Waals surface area contributed by atoms with Crippen LogP contribution in [0.4, 0.5) is 4.39 Å². The Morgan fingerprint density at radius 2 is 2.23 bits per heavy atom. The minimum atomic E-state index is -1.58. The van der Waals surface area contributed by atoms with Crippen LogP contribution in [-0.4, -0.2) is 6.08 Å². The van der Waals surface area contributed by atoms with E-state index < -0.39 is 6.30 Å². The van der Waals surface area contributed by atoms with Crippen LogP contribution < -0.4 is 0 Å². The average molecular weight is 179 g/mol. The predicted molar refractivity (Wildman–Crippen MR) is 47.8 cm³/mol. The van der Waals surface area contributed by atoms with Gasteiger partial charge in [-0.05, 0) is 12.0 Å². The van der Waals surface area contributed by atoms with Gasteiger partial charge in [0.15, 0.2) is 0 Å². The van der Waals surface area contributed by atoms with Crippen molar-refractivity contribution < 1.29 is 9.18 Å². The molecule has 0 spiro atoms. The number of aliphatic imine (C=N–C) groups is 1. The molecular formula is C10H10FNO. The van der Waals surface area contributed by atoms with Crippen LogP contribution in [0.25, 0.3) is 0 Å². The van der Waals surface area contributed by atoms with E-state index in [9.17, 15) is 9.18 Å². The zero-order valence-corrected chi connectivity index (χ0v) is 7.33. The Morgan fingerprint density at radius 1 is 1.54 bits per heavy atom. The molecule has 0 radical (unpaired) electrons. The minimum Gasteiger partial charge on any atom is -0.215 e. The number of rotatable bonds is 3. The molecule has 0 saturated heterocycles. The molecule has 0 aliphatic carbocycles. The summed E-state index contributed by atoms with van der Waals surface area (Å²) in [6, 6.07) is 7.01. The lowest BCUT2D eigenvalue weighted by atomic mass is 10.1. The summed E-state index contributed by atoms with van der Waals surface area (Å²) in [5, 5.41) is 0. The maximum absolute atomic E-state index is 13.2. The Labute approximate surface area is 76.1 Å². The number of benzene rings is 1. The van der Waals surface area contributed by atoms with Crippen LogP contribution in [0.1, 0.15) is 24.3 Å². The smallest absolute Gasteiger partial charge is 0.215 e.